The third-order valence-corrected chi connectivity index (χ3v) is 5.20. The average Bonchev–Trinajstić information content (AvgIpc) is 2.97. The van der Waals surface area contributed by atoms with Crippen LogP contribution >= 0.6 is 0 Å². The number of hydrogen-bond donors (Lipinski definition) is 5. The van der Waals surface area contributed by atoms with Crippen LogP contribution in [0.25, 0.3) is 0 Å². The summed E-state index contributed by atoms with van der Waals surface area (Å²) in [5.74, 6) is -0.656. The van der Waals surface area contributed by atoms with Gasteiger partial charge in [-0.2, -0.15) is 0 Å². The van der Waals surface area contributed by atoms with Crippen LogP contribution in [0.5, 0.6) is 0 Å². The number of urea groups is 1. The molecule has 11 heteroatoms. The van der Waals surface area contributed by atoms with E-state index in [1.165, 1.54) is 0 Å². The van der Waals surface area contributed by atoms with Crippen LogP contribution in [-0.4, -0.2) is 75.4 Å². The summed E-state index contributed by atoms with van der Waals surface area (Å²) in [5.41, 5.74) is 4.03. The zero-order chi connectivity index (χ0) is 21.8. The van der Waals surface area contributed by atoms with E-state index in [2.05, 4.69) is 12.2 Å². The highest BCUT2D eigenvalue weighted by Gasteiger charge is 2.51. The van der Waals surface area contributed by atoms with Gasteiger partial charge in [-0.05, 0) is 18.4 Å². The normalized spacial score (nSPS) is 34.0. The lowest BCUT2D eigenvalue weighted by atomic mass is 10.0. The number of esters is 1. The Morgan fingerprint density at radius 3 is 2.66 bits per heavy atom. The van der Waals surface area contributed by atoms with Crippen molar-refractivity contribution in [1.29, 1.82) is 0 Å². The van der Waals surface area contributed by atoms with Crippen molar-refractivity contribution in [3.05, 3.63) is 12.3 Å². The van der Waals surface area contributed by atoms with E-state index in [1.807, 2.05) is 6.92 Å². The highest BCUT2D eigenvalue weighted by molar-refractivity contribution is 5.90. The summed E-state index contributed by atoms with van der Waals surface area (Å²) in [6.07, 6.45) is -3.15. The van der Waals surface area contributed by atoms with Crippen molar-refractivity contribution >= 4 is 12.0 Å². The second kappa shape index (κ2) is 9.81. The quantitative estimate of drug-likeness (QED) is 0.318. The minimum absolute atomic E-state index is 0.175. The van der Waals surface area contributed by atoms with E-state index in [9.17, 15) is 24.2 Å². The topological polar surface area (TPSA) is 155 Å². The van der Waals surface area contributed by atoms with Crippen molar-refractivity contribution in [2.75, 3.05) is 6.61 Å². The number of unbranched alkanes of at least 4 members (excludes halogenated alkanes) is 1. The van der Waals surface area contributed by atoms with Crippen LogP contribution in [0, 0.1) is 5.92 Å². The first-order chi connectivity index (χ1) is 13.6. The van der Waals surface area contributed by atoms with Crippen molar-refractivity contribution < 1.29 is 38.8 Å². The highest BCUT2D eigenvalue weighted by atomic mass is 19.1. The number of halogens is 1. The number of rotatable bonds is 9. The first-order valence-electron chi connectivity index (χ1n) is 9.74. The van der Waals surface area contributed by atoms with Gasteiger partial charge >= 0.3 is 12.0 Å². The molecule has 0 radical (unpaired) electrons. The summed E-state index contributed by atoms with van der Waals surface area (Å²) in [6, 6.07) is -0.921. The van der Waals surface area contributed by atoms with Gasteiger partial charge in [0.2, 0.25) is 12.0 Å². The molecule has 2 aliphatic heterocycles. The van der Waals surface area contributed by atoms with Gasteiger partial charge in [0.15, 0.2) is 6.23 Å². The van der Waals surface area contributed by atoms with Crippen molar-refractivity contribution in [1.82, 2.24) is 10.2 Å². The minimum Gasteiger partial charge on any atom is -0.462 e. The molecule has 10 nitrogen and oxygen atoms in total. The van der Waals surface area contributed by atoms with Crippen LogP contribution in [-0.2, 0) is 14.3 Å². The van der Waals surface area contributed by atoms with E-state index >= 15 is 0 Å². The molecule has 2 heterocycles. The number of nitrogens with zero attached hydrogens (tertiary/aromatic N) is 1. The second-order valence-electron chi connectivity index (χ2n) is 7.38. The third-order valence-electron chi connectivity index (χ3n) is 5.20. The SMILES string of the molecule is CCCCC(CC)COC(=O)C1(N)C=CN([C@@H]2O[C@H](C(O)F)[C@@H](O)[C@H]2O)C(=O)N1. The number of nitrogens with one attached hydrogen (secondary N) is 1. The molecule has 1 saturated heterocycles. The van der Waals surface area contributed by atoms with Gasteiger partial charge in [0.1, 0.15) is 18.3 Å². The first kappa shape index (κ1) is 23.5. The van der Waals surface area contributed by atoms with Gasteiger partial charge in [0, 0.05) is 6.20 Å². The van der Waals surface area contributed by atoms with Gasteiger partial charge in [0.05, 0.1) is 6.61 Å². The van der Waals surface area contributed by atoms with E-state index in [0.717, 1.165) is 42.9 Å². The van der Waals surface area contributed by atoms with Crippen LogP contribution in [0.3, 0.4) is 0 Å². The number of amides is 2. The number of aliphatic hydroxyl groups is 3. The van der Waals surface area contributed by atoms with E-state index in [4.69, 9.17) is 20.3 Å². The lowest BCUT2D eigenvalue weighted by Gasteiger charge is -2.36. The fourth-order valence-electron chi connectivity index (χ4n) is 3.22. The Kier molecular flexibility index (Phi) is 7.94. The molecule has 7 atom stereocenters. The fourth-order valence-corrected chi connectivity index (χ4v) is 3.22. The Morgan fingerprint density at radius 2 is 2.14 bits per heavy atom. The Balaban J connectivity index is 2.02. The van der Waals surface area contributed by atoms with Gasteiger partial charge in [-0.15, -0.1) is 0 Å². The number of aliphatic hydroxyl groups excluding tert-OH is 3. The number of hydrogen-bond acceptors (Lipinski definition) is 8. The van der Waals surface area contributed by atoms with Crippen LogP contribution in [0.15, 0.2) is 12.3 Å². The lowest BCUT2D eigenvalue weighted by Crippen LogP contribution is -2.66. The average molecular weight is 419 g/mol. The molecule has 0 bridgehead atoms. The molecule has 0 saturated carbocycles. The summed E-state index contributed by atoms with van der Waals surface area (Å²) in [6.45, 7) is 4.24. The Hall–Kier alpha value is -1.79. The Bertz CT molecular complexity index is 620. The molecule has 1 fully saturated rings. The standard InChI is InChI=1S/C18H30FN3O7/c1-3-5-6-10(4-2)9-28-16(26)18(20)7-8-22(17(27)21-18)15-12(24)11(23)13(29-15)14(19)25/h7-8,10-15,23-25H,3-6,9,20H2,1-2H3,(H,21,27)/t10?,11-,12+,13-,14?,15+,18?/m0/s1. The number of carbonyl (C=O) groups excluding carboxylic acids is 2. The maximum atomic E-state index is 13.1. The van der Waals surface area contributed by atoms with Crippen LogP contribution in [0.1, 0.15) is 39.5 Å². The molecular weight excluding hydrogens is 389 g/mol. The second-order valence-corrected chi connectivity index (χ2v) is 7.38. The summed E-state index contributed by atoms with van der Waals surface area (Å²) in [7, 11) is 0. The highest BCUT2D eigenvalue weighted by Crippen LogP contribution is 2.28. The zero-order valence-corrected chi connectivity index (χ0v) is 16.5. The van der Waals surface area contributed by atoms with E-state index in [-0.39, 0.29) is 12.5 Å². The number of alkyl halides is 1. The van der Waals surface area contributed by atoms with Gasteiger partial charge in [-0.3, -0.25) is 10.6 Å². The Labute approximate surface area is 168 Å². The molecule has 0 aromatic carbocycles. The summed E-state index contributed by atoms with van der Waals surface area (Å²) in [5, 5.41) is 31.0. The molecule has 0 aromatic heterocycles. The maximum Gasteiger partial charge on any atom is 0.351 e. The monoisotopic (exact) mass is 419 g/mol. The number of nitrogens with two attached hydrogens (primary N) is 1. The van der Waals surface area contributed by atoms with Crippen molar-refractivity contribution in [2.24, 2.45) is 11.7 Å². The van der Waals surface area contributed by atoms with Gasteiger partial charge < -0.3 is 30.1 Å². The van der Waals surface area contributed by atoms with Gasteiger partial charge in [-0.25, -0.2) is 14.0 Å². The van der Waals surface area contributed by atoms with Crippen molar-refractivity contribution in [2.45, 2.75) is 76.1 Å². The summed E-state index contributed by atoms with van der Waals surface area (Å²) in [4.78, 5) is 25.6. The predicted molar refractivity (Wildman–Crippen MR) is 98.5 cm³/mol. The van der Waals surface area contributed by atoms with Crippen LogP contribution < -0.4 is 11.1 Å². The maximum absolute atomic E-state index is 13.1. The molecule has 2 aliphatic rings. The molecule has 0 spiro atoms. The summed E-state index contributed by atoms with van der Waals surface area (Å²) < 4.78 is 23.4. The molecule has 3 unspecified atom stereocenters. The van der Waals surface area contributed by atoms with Crippen molar-refractivity contribution in [3.63, 3.8) is 0 Å². The fraction of sp³-hybridized carbons (Fsp3) is 0.778. The molecule has 0 aromatic rings. The number of carbonyl (C=O) groups is 2. The molecule has 29 heavy (non-hydrogen) atoms. The predicted octanol–water partition coefficient (Wildman–Crippen LogP) is -0.325. The first-order valence-corrected chi connectivity index (χ1v) is 9.74. The molecular formula is C18H30FN3O7. The summed E-state index contributed by atoms with van der Waals surface area (Å²) >= 11 is 0. The Morgan fingerprint density at radius 1 is 1.45 bits per heavy atom. The van der Waals surface area contributed by atoms with Crippen molar-refractivity contribution in [3.8, 4) is 0 Å². The minimum atomic E-state index is -2.55. The molecule has 0 aliphatic carbocycles. The zero-order valence-electron chi connectivity index (χ0n) is 16.5. The smallest absolute Gasteiger partial charge is 0.351 e. The molecule has 2 amide bonds. The number of ether oxygens (including phenoxy) is 2. The van der Waals surface area contributed by atoms with Crippen LogP contribution in [0.4, 0.5) is 9.18 Å². The third kappa shape index (κ3) is 5.23. The largest absolute Gasteiger partial charge is 0.462 e. The molecule has 2 rings (SSSR count). The van der Waals surface area contributed by atoms with E-state index in [0.29, 0.717) is 0 Å². The lowest BCUT2D eigenvalue weighted by molar-refractivity contribution is -0.151. The van der Waals surface area contributed by atoms with E-state index < -0.39 is 48.6 Å². The van der Waals surface area contributed by atoms with Gasteiger partial charge in [0.25, 0.3) is 0 Å². The van der Waals surface area contributed by atoms with E-state index in [1.54, 1.807) is 0 Å². The molecule has 6 N–H and O–H groups in total. The van der Waals surface area contributed by atoms with Crippen LogP contribution in [0.2, 0.25) is 0 Å². The van der Waals surface area contributed by atoms with Gasteiger partial charge in [-0.1, -0.05) is 33.1 Å². The molecule has 166 valence electrons.